The summed E-state index contributed by atoms with van der Waals surface area (Å²) in [6.07, 6.45) is -0.944. The second-order valence-corrected chi connectivity index (χ2v) is 2.94. The van der Waals surface area contributed by atoms with Crippen LogP contribution in [0.5, 0.6) is 0 Å². The van der Waals surface area contributed by atoms with Crippen LogP contribution < -0.4 is 4.90 Å². The lowest BCUT2D eigenvalue weighted by Gasteiger charge is -2.17. The topological polar surface area (TPSA) is 40.5 Å². The molecule has 4 heteroatoms. The highest BCUT2D eigenvalue weighted by Gasteiger charge is 2.11. The molecule has 1 rings (SSSR count). The number of amides is 1. The molecule has 0 aromatic heterocycles. The van der Waals surface area contributed by atoms with E-state index < -0.39 is 6.09 Å². The van der Waals surface area contributed by atoms with Crippen molar-refractivity contribution in [2.24, 2.45) is 0 Å². The van der Waals surface area contributed by atoms with Crippen LogP contribution in [0.3, 0.4) is 0 Å². The minimum Gasteiger partial charge on any atom is -0.465 e. The van der Waals surface area contributed by atoms with Crippen molar-refractivity contribution in [2.45, 2.75) is 0 Å². The van der Waals surface area contributed by atoms with Gasteiger partial charge < -0.3 is 5.11 Å². The molecule has 1 N–H and O–H groups in total. The van der Waals surface area contributed by atoms with Gasteiger partial charge in [0.15, 0.2) is 0 Å². The van der Waals surface area contributed by atoms with Gasteiger partial charge in [0.2, 0.25) is 0 Å². The second kappa shape index (κ2) is 4.77. The van der Waals surface area contributed by atoms with E-state index in [0.717, 1.165) is 0 Å². The number of nitrogens with zero attached hydrogens (tertiary/aromatic N) is 1. The van der Waals surface area contributed by atoms with Gasteiger partial charge >= 0.3 is 6.09 Å². The van der Waals surface area contributed by atoms with Crippen LogP contribution in [0.25, 0.3) is 0 Å². The number of hydrogen-bond acceptors (Lipinski definition) is 2. The molecule has 0 aliphatic rings. The zero-order valence-electron chi connectivity index (χ0n) is 7.05. The molecule has 0 fully saturated rings. The van der Waals surface area contributed by atoms with Gasteiger partial charge in [0, 0.05) is 18.0 Å². The highest BCUT2D eigenvalue weighted by Crippen LogP contribution is 2.12. The molecule has 1 aromatic rings. The maximum Gasteiger partial charge on any atom is 0.411 e. The summed E-state index contributed by atoms with van der Waals surface area (Å²) >= 11 is 4.00. The highest BCUT2D eigenvalue weighted by molar-refractivity contribution is 7.80. The van der Waals surface area contributed by atoms with E-state index in [1.165, 1.54) is 4.90 Å². The van der Waals surface area contributed by atoms with E-state index in [0.29, 0.717) is 18.0 Å². The van der Waals surface area contributed by atoms with E-state index >= 15 is 0 Å². The molecule has 0 aliphatic carbocycles. The van der Waals surface area contributed by atoms with Crippen LogP contribution >= 0.6 is 12.6 Å². The van der Waals surface area contributed by atoms with Crippen LogP contribution in [-0.2, 0) is 0 Å². The van der Waals surface area contributed by atoms with Crippen LogP contribution in [0.4, 0.5) is 10.5 Å². The van der Waals surface area contributed by atoms with Gasteiger partial charge in [-0.25, -0.2) is 4.79 Å². The summed E-state index contributed by atoms with van der Waals surface area (Å²) in [6, 6.07) is 8.99. The summed E-state index contributed by atoms with van der Waals surface area (Å²) in [5.41, 5.74) is 0.684. The maximum atomic E-state index is 10.8. The fourth-order valence-corrected chi connectivity index (χ4v) is 1.24. The third-order valence-corrected chi connectivity index (χ3v) is 1.82. The number of carbonyl (C=O) groups is 1. The normalized spacial score (nSPS) is 9.62. The van der Waals surface area contributed by atoms with Crippen LogP contribution in [0.2, 0.25) is 0 Å². The molecule has 3 nitrogen and oxygen atoms in total. The predicted octanol–water partition coefficient (Wildman–Crippen LogP) is 2.10. The van der Waals surface area contributed by atoms with Crippen molar-refractivity contribution in [2.75, 3.05) is 17.2 Å². The van der Waals surface area contributed by atoms with Gasteiger partial charge in [-0.3, -0.25) is 4.90 Å². The van der Waals surface area contributed by atoms with Crippen LogP contribution in [0.15, 0.2) is 30.3 Å². The minimum atomic E-state index is -0.944. The Kier molecular flexibility index (Phi) is 3.64. The van der Waals surface area contributed by atoms with Crippen molar-refractivity contribution in [3.8, 4) is 0 Å². The van der Waals surface area contributed by atoms with Gasteiger partial charge in [-0.05, 0) is 12.1 Å². The summed E-state index contributed by atoms with van der Waals surface area (Å²) in [5, 5.41) is 8.85. The fourth-order valence-electron chi connectivity index (χ4n) is 1.04. The number of anilines is 1. The molecule has 0 spiro atoms. The number of para-hydroxylation sites is 1. The summed E-state index contributed by atoms with van der Waals surface area (Å²) < 4.78 is 0. The van der Waals surface area contributed by atoms with Crippen molar-refractivity contribution in [1.29, 1.82) is 0 Å². The predicted molar refractivity (Wildman–Crippen MR) is 55.7 cm³/mol. The average molecular weight is 197 g/mol. The molecule has 0 saturated heterocycles. The van der Waals surface area contributed by atoms with E-state index in [1.54, 1.807) is 12.1 Å². The smallest absolute Gasteiger partial charge is 0.411 e. The summed E-state index contributed by atoms with van der Waals surface area (Å²) in [6.45, 7) is 0.405. The zero-order chi connectivity index (χ0) is 9.68. The average Bonchev–Trinajstić information content (AvgIpc) is 2.15. The van der Waals surface area contributed by atoms with E-state index in [-0.39, 0.29) is 0 Å². The summed E-state index contributed by atoms with van der Waals surface area (Å²) in [4.78, 5) is 12.1. The highest BCUT2D eigenvalue weighted by atomic mass is 32.1. The molecule has 70 valence electrons. The Bertz CT molecular complexity index is 276. The van der Waals surface area contributed by atoms with Crippen LogP contribution in [0.1, 0.15) is 0 Å². The number of hydrogen-bond donors (Lipinski definition) is 2. The largest absolute Gasteiger partial charge is 0.465 e. The summed E-state index contributed by atoms with van der Waals surface area (Å²) in [5.74, 6) is 0.515. The number of carboxylic acid groups (broad SMARTS) is 1. The number of rotatable bonds is 3. The SMILES string of the molecule is O=C(O)N(CCS)c1ccccc1. The molecular weight excluding hydrogens is 186 g/mol. The minimum absolute atomic E-state index is 0.405. The standard InChI is InChI=1S/C9H11NO2S/c11-9(12)10(6-7-13)8-4-2-1-3-5-8/h1-5,13H,6-7H2,(H,11,12). The zero-order valence-corrected chi connectivity index (χ0v) is 7.95. The van der Waals surface area contributed by atoms with Gasteiger partial charge in [-0.1, -0.05) is 18.2 Å². The van der Waals surface area contributed by atoms with Crippen molar-refractivity contribution in [3.63, 3.8) is 0 Å². The van der Waals surface area contributed by atoms with E-state index in [2.05, 4.69) is 12.6 Å². The Morgan fingerprint density at radius 1 is 1.38 bits per heavy atom. The first-order valence-corrected chi connectivity index (χ1v) is 4.55. The number of thiol groups is 1. The molecule has 13 heavy (non-hydrogen) atoms. The monoisotopic (exact) mass is 197 g/mol. The van der Waals surface area contributed by atoms with E-state index in [1.807, 2.05) is 18.2 Å². The lowest BCUT2D eigenvalue weighted by atomic mass is 10.3. The lowest BCUT2D eigenvalue weighted by molar-refractivity contribution is 0.202. The van der Waals surface area contributed by atoms with Gasteiger partial charge in [-0.2, -0.15) is 12.6 Å². The summed E-state index contributed by atoms with van der Waals surface area (Å²) in [7, 11) is 0. The van der Waals surface area contributed by atoms with Gasteiger partial charge in [0.25, 0.3) is 0 Å². The maximum absolute atomic E-state index is 10.8. The van der Waals surface area contributed by atoms with Crippen molar-refractivity contribution in [3.05, 3.63) is 30.3 Å². The Hall–Kier alpha value is -1.16. The van der Waals surface area contributed by atoms with Crippen LogP contribution in [0, 0.1) is 0 Å². The third kappa shape index (κ3) is 2.66. The molecule has 0 bridgehead atoms. The van der Waals surface area contributed by atoms with Crippen molar-refractivity contribution < 1.29 is 9.90 Å². The quantitative estimate of drug-likeness (QED) is 0.728. The molecule has 1 aromatic carbocycles. The lowest BCUT2D eigenvalue weighted by Crippen LogP contribution is -2.30. The Balaban J connectivity index is 2.82. The van der Waals surface area contributed by atoms with Crippen LogP contribution in [-0.4, -0.2) is 23.5 Å². The second-order valence-electron chi connectivity index (χ2n) is 2.49. The molecule has 0 saturated carbocycles. The molecule has 0 aliphatic heterocycles. The third-order valence-electron chi connectivity index (χ3n) is 1.62. The fraction of sp³-hybridized carbons (Fsp3) is 0.222. The molecular formula is C9H11NO2S. The first-order valence-electron chi connectivity index (χ1n) is 3.92. The first-order chi connectivity index (χ1) is 6.25. The van der Waals surface area contributed by atoms with E-state index in [4.69, 9.17) is 5.11 Å². The van der Waals surface area contributed by atoms with Crippen molar-refractivity contribution >= 4 is 24.4 Å². The molecule has 0 radical (unpaired) electrons. The molecule has 0 heterocycles. The first kappa shape index (κ1) is 9.92. The Labute approximate surface area is 82.4 Å². The molecule has 0 atom stereocenters. The molecule has 0 unspecified atom stereocenters. The van der Waals surface area contributed by atoms with Gasteiger partial charge in [-0.15, -0.1) is 0 Å². The Morgan fingerprint density at radius 2 is 2.00 bits per heavy atom. The van der Waals surface area contributed by atoms with Crippen molar-refractivity contribution in [1.82, 2.24) is 0 Å². The van der Waals surface area contributed by atoms with Gasteiger partial charge in [0.1, 0.15) is 0 Å². The van der Waals surface area contributed by atoms with Gasteiger partial charge in [0.05, 0.1) is 0 Å². The number of benzene rings is 1. The Morgan fingerprint density at radius 3 is 2.46 bits per heavy atom. The molecule has 1 amide bonds. The van der Waals surface area contributed by atoms with E-state index in [9.17, 15) is 4.79 Å².